The molecule has 28 heavy (non-hydrogen) atoms. The van der Waals surface area contributed by atoms with Gasteiger partial charge < -0.3 is 5.32 Å². The van der Waals surface area contributed by atoms with Crippen molar-refractivity contribution in [1.82, 2.24) is 29.1 Å². The van der Waals surface area contributed by atoms with Crippen LogP contribution in [0.5, 0.6) is 0 Å². The summed E-state index contributed by atoms with van der Waals surface area (Å²) < 4.78 is 4.25. The van der Waals surface area contributed by atoms with E-state index in [4.69, 9.17) is 11.6 Å². The van der Waals surface area contributed by atoms with Crippen LogP contribution in [-0.4, -0.2) is 35.7 Å². The summed E-state index contributed by atoms with van der Waals surface area (Å²) in [5.41, 5.74) is 2.38. The number of hydrogen-bond acceptors (Lipinski definition) is 4. The minimum atomic E-state index is -0.369. The maximum Gasteiger partial charge on any atom is 0.350 e. The summed E-state index contributed by atoms with van der Waals surface area (Å²) in [6.07, 6.45) is 4.10. The molecule has 0 spiro atoms. The van der Waals surface area contributed by atoms with Crippen LogP contribution >= 0.6 is 11.6 Å². The predicted molar refractivity (Wildman–Crippen MR) is 107 cm³/mol. The van der Waals surface area contributed by atoms with Gasteiger partial charge in [-0.3, -0.25) is 4.79 Å². The largest absolute Gasteiger partial charge is 0.352 e. The molecule has 9 heteroatoms. The summed E-state index contributed by atoms with van der Waals surface area (Å²) in [6.45, 7) is 3.77. The van der Waals surface area contributed by atoms with Crippen molar-refractivity contribution in [3.05, 3.63) is 58.2 Å². The molecule has 0 unspecified atom stereocenters. The second-order valence-electron chi connectivity index (χ2n) is 6.68. The molecule has 0 aliphatic carbocycles. The van der Waals surface area contributed by atoms with Gasteiger partial charge in [0, 0.05) is 29.0 Å². The minimum Gasteiger partial charge on any atom is -0.352 e. The van der Waals surface area contributed by atoms with Crippen molar-refractivity contribution in [1.29, 1.82) is 0 Å². The average Bonchev–Trinajstić information content (AvgIpc) is 3.24. The van der Waals surface area contributed by atoms with E-state index in [-0.39, 0.29) is 24.2 Å². The van der Waals surface area contributed by atoms with E-state index in [2.05, 4.69) is 15.5 Å². The zero-order valence-corrected chi connectivity index (χ0v) is 16.2. The maximum absolute atomic E-state index is 12.6. The number of hydrogen-bond donors (Lipinski definition) is 1. The molecule has 0 aliphatic heterocycles. The second-order valence-corrected chi connectivity index (χ2v) is 7.11. The van der Waals surface area contributed by atoms with Crippen molar-refractivity contribution in [2.24, 2.45) is 0 Å². The molecule has 4 rings (SSSR count). The van der Waals surface area contributed by atoms with Crippen LogP contribution in [0.2, 0.25) is 5.02 Å². The molecule has 1 amide bonds. The van der Waals surface area contributed by atoms with Crippen molar-refractivity contribution >= 4 is 28.7 Å². The summed E-state index contributed by atoms with van der Waals surface area (Å²) in [6, 6.07) is 9.26. The van der Waals surface area contributed by atoms with Crippen molar-refractivity contribution in [2.75, 3.05) is 0 Å². The minimum absolute atomic E-state index is 0.0451. The third-order valence-electron chi connectivity index (χ3n) is 4.65. The zero-order chi connectivity index (χ0) is 19.8. The Morgan fingerprint density at radius 2 is 1.96 bits per heavy atom. The summed E-state index contributed by atoms with van der Waals surface area (Å²) in [5.74, 6) is -0.244. The topological polar surface area (TPSA) is 85.7 Å². The Bertz CT molecular complexity index is 1220. The van der Waals surface area contributed by atoms with Gasteiger partial charge in [-0.15, -0.1) is 5.10 Å². The Morgan fingerprint density at radius 1 is 1.21 bits per heavy atom. The SMILES string of the molecule is CC[C@H](C)NC(=O)Cn1nc2c3cc(-c4ccc(Cl)cc4)nn3ccn2c1=O. The molecule has 0 fully saturated rings. The number of benzene rings is 1. The van der Waals surface area contributed by atoms with Gasteiger partial charge >= 0.3 is 5.69 Å². The number of carbonyl (C=O) groups is 1. The molecule has 4 aromatic rings. The fourth-order valence-corrected chi connectivity index (χ4v) is 3.08. The third-order valence-corrected chi connectivity index (χ3v) is 4.90. The van der Waals surface area contributed by atoms with Gasteiger partial charge in [-0.1, -0.05) is 30.7 Å². The third kappa shape index (κ3) is 3.27. The molecule has 8 nitrogen and oxygen atoms in total. The zero-order valence-electron chi connectivity index (χ0n) is 15.5. The number of nitrogens with one attached hydrogen (secondary N) is 1. The molecular weight excluding hydrogens is 380 g/mol. The van der Waals surface area contributed by atoms with Gasteiger partial charge in [0.2, 0.25) is 5.91 Å². The first-order valence-corrected chi connectivity index (χ1v) is 9.37. The first-order valence-electron chi connectivity index (χ1n) is 8.99. The van der Waals surface area contributed by atoms with Crippen LogP contribution in [0.4, 0.5) is 0 Å². The van der Waals surface area contributed by atoms with Crippen molar-refractivity contribution in [2.45, 2.75) is 32.9 Å². The molecule has 3 aromatic heterocycles. The van der Waals surface area contributed by atoms with Gasteiger partial charge in [0.25, 0.3) is 0 Å². The number of carbonyl (C=O) groups excluding carboxylic acids is 1. The summed E-state index contributed by atoms with van der Waals surface area (Å²) in [7, 11) is 0. The molecule has 0 radical (unpaired) electrons. The number of fused-ring (bicyclic) bond motifs is 3. The molecule has 0 saturated carbocycles. The second kappa shape index (κ2) is 7.12. The van der Waals surface area contributed by atoms with Crippen LogP contribution in [0.3, 0.4) is 0 Å². The number of rotatable bonds is 5. The molecule has 0 bridgehead atoms. The van der Waals surface area contributed by atoms with E-state index in [9.17, 15) is 9.59 Å². The fourth-order valence-electron chi connectivity index (χ4n) is 2.96. The summed E-state index contributed by atoms with van der Waals surface area (Å²) in [5, 5.41) is 12.4. The monoisotopic (exact) mass is 398 g/mol. The van der Waals surface area contributed by atoms with Gasteiger partial charge in [-0.2, -0.15) is 5.10 Å². The van der Waals surface area contributed by atoms with Gasteiger partial charge in [0.15, 0.2) is 5.65 Å². The van der Waals surface area contributed by atoms with Crippen molar-refractivity contribution < 1.29 is 4.79 Å². The molecule has 0 aliphatic rings. The van der Waals surface area contributed by atoms with Crippen LogP contribution in [0.1, 0.15) is 20.3 Å². The average molecular weight is 399 g/mol. The van der Waals surface area contributed by atoms with Crippen LogP contribution in [0, 0.1) is 0 Å². The van der Waals surface area contributed by atoms with E-state index in [0.29, 0.717) is 16.2 Å². The first-order chi connectivity index (χ1) is 13.5. The lowest BCUT2D eigenvalue weighted by atomic mass is 10.1. The predicted octanol–water partition coefficient (Wildman–Crippen LogP) is 2.38. The quantitative estimate of drug-likeness (QED) is 0.559. The van der Waals surface area contributed by atoms with Gasteiger partial charge in [0.05, 0.1) is 5.69 Å². The van der Waals surface area contributed by atoms with Gasteiger partial charge in [0.1, 0.15) is 12.1 Å². The Morgan fingerprint density at radius 3 is 2.68 bits per heavy atom. The molecule has 1 aromatic carbocycles. The van der Waals surface area contributed by atoms with E-state index >= 15 is 0 Å². The molecule has 1 N–H and O–H groups in total. The van der Waals surface area contributed by atoms with E-state index in [1.54, 1.807) is 29.0 Å². The highest BCUT2D eigenvalue weighted by molar-refractivity contribution is 6.30. The highest BCUT2D eigenvalue weighted by atomic mass is 35.5. The van der Waals surface area contributed by atoms with Crippen LogP contribution in [0.15, 0.2) is 47.5 Å². The van der Waals surface area contributed by atoms with Crippen molar-refractivity contribution in [3.8, 4) is 11.3 Å². The smallest absolute Gasteiger partial charge is 0.350 e. The molecule has 1 atom stereocenters. The Hall–Kier alpha value is -3.13. The van der Waals surface area contributed by atoms with Crippen LogP contribution in [0.25, 0.3) is 22.4 Å². The van der Waals surface area contributed by atoms with Crippen molar-refractivity contribution in [3.63, 3.8) is 0 Å². The molecule has 144 valence electrons. The van der Waals surface area contributed by atoms with Gasteiger partial charge in [-0.25, -0.2) is 18.4 Å². The molecular formula is C19H19ClN6O2. The summed E-state index contributed by atoms with van der Waals surface area (Å²) >= 11 is 5.95. The molecule has 3 heterocycles. The van der Waals surface area contributed by atoms with E-state index in [1.807, 2.05) is 32.0 Å². The van der Waals surface area contributed by atoms with E-state index in [1.165, 1.54) is 9.08 Å². The Kier molecular flexibility index (Phi) is 4.64. The van der Waals surface area contributed by atoms with Crippen LogP contribution in [-0.2, 0) is 11.3 Å². The highest BCUT2D eigenvalue weighted by Gasteiger charge is 2.15. The lowest BCUT2D eigenvalue weighted by Crippen LogP contribution is -2.37. The molecule has 0 saturated heterocycles. The maximum atomic E-state index is 12.6. The number of halogens is 1. The Balaban J connectivity index is 1.74. The van der Waals surface area contributed by atoms with E-state index < -0.39 is 0 Å². The lowest BCUT2D eigenvalue weighted by molar-refractivity contribution is -0.122. The van der Waals surface area contributed by atoms with E-state index in [0.717, 1.165) is 17.7 Å². The fraction of sp³-hybridized carbons (Fsp3) is 0.263. The Labute approximate surface area is 165 Å². The first kappa shape index (κ1) is 18.2. The number of amides is 1. The highest BCUT2D eigenvalue weighted by Crippen LogP contribution is 2.22. The van der Waals surface area contributed by atoms with Gasteiger partial charge in [-0.05, 0) is 31.5 Å². The normalized spacial score (nSPS) is 12.5. The number of nitrogens with zero attached hydrogens (tertiary/aromatic N) is 5. The van der Waals surface area contributed by atoms with Crippen LogP contribution < -0.4 is 11.0 Å². The summed E-state index contributed by atoms with van der Waals surface area (Å²) in [4.78, 5) is 24.8. The lowest BCUT2D eigenvalue weighted by Gasteiger charge is -2.10. The standard InChI is InChI=1S/C19H19ClN6O2/c1-3-12(2)21-17(27)11-26-19(28)24-8-9-25-16(18(24)23-26)10-15(22-25)13-4-6-14(20)7-5-13/h4-10,12H,3,11H2,1-2H3,(H,21,27)/t12-/m0/s1. The number of aromatic nitrogens is 5.